The smallest absolute Gasteiger partial charge is 0.253 e. The highest BCUT2D eigenvalue weighted by atomic mass is 16.2. The summed E-state index contributed by atoms with van der Waals surface area (Å²) < 4.78 is 0. The summed E-state index contributed by atoms with van der Waals surface area (Å²) in [6.07, 6.45) is 4.37. The second-order valence-corrected chi connectivity index (χ2v) is 7.56. The summed E-state index contributed by atoms with van der Waals surface area (Å²) in [5.74, 6) is 0.152. The minimum Gasteiger partial charge on any atom is -0.336 e. The fraction of sp³-hybridized carbons (Fsp3) is 0.400. The molecule has 1 heterocycles. The summed E-state index contributed by atoms with van der Waals surface area (Å²) >= 11 is 0. The van der Waals surface area contributed by atoms with Crippen LogP contribution < -0.4 is 0 Å². The lowest BCUT2D eigenvalue weighted by Gasteiger charge is -2.34. The van der Waals surface area contributed by atoms with Crippen molar-refractivity contribution in [1.29, 1.82) is 0 Å². The van der Waals surface area contributed by atoms with Gasteiger partial charge in [-0.15, -0.1) is 0 Å². The van der Waals surface area contributed by atoms with Crippen molar-refractivity contribution in [3.05, 3.63) is 77.4 Å². The number of carbonyl (C=O) groups is 1. The summed E-state index contributed by atoms with van der Waals surface area (Å²) in [4.78, 5) is 19.6. The third-order valence-corrected chi connectivity index (χ3v) is 5.63. The normalized spacial score (nSPS) is 15.3. The molecule has 0 aromatic heterocycles. The maximum absolute atomic E-state index is 12.8. The molecule has 1 fully saturated rings. The molecule has 4 heteroatoms. The average molecular weight is 392 g/mol. The van der Waals surface area contributed by atoms with E-state index in [0.29, 0.717) is 0 Å². The molecule has 1 saturated heterocycles. The number of nitrogens with zero attached hydrogens (tertiary/aromatic N) is 3. The van der Waals surface area contributed by atoms with Crippen LogP contribution in [-0.4, -0.2) is 66.4 Å². The Morgan fingerprint density at radius 1 is 0.931 bits per heavy atom. The van der Waals surface area contributed by atoms with E-state index in [2.05, 4.69) is 72.2 Å². The fourth-order valence-corrected chi connectivity index (χ4v) is 3.68. The van der Waals surface area contributed by atoms with Crippen LogP contribution in [0, 0.1) is 0 Å². The summed E-state index contributed by atoms with van der Waals surface area (Å²) in [5, 5.41) is 0. The molecule has 1 aliphatic heterocycles. The van der Waals surface area contributed by atoms with Crippen LogP contribution in [0.5, 0.6) is 0 Å². The standard InChI is InChI=1S/C25H33N3O/c1-3-26(4-2)21-23-12-14-24(15-13-23)25(29)28-19-17-27(18-20-28)16-8-11-22-9-6-5-7-10-22/h5-15H,3-4,16-21H2,1-2H3/b11-8+. The van der Waals surface area contributed by atoms with E-state index in [1.165, 1.54) is 11.1 Å². The minimum absolute atomic E-state index is 0.152. The van der Waals surface area contributed by atoms with Gasteiger partial charge in [0, 0.05) is 44.8 Å². The van der Waals surface area contributed by atoms with Crippen molar-refractivity contribution in [2.75, 3.05) is 45.8 Å². The predicted molar refractivity (Wildman–Crippen MR) is 121 cm³/mol. The second-order valence-electron chi connectivity index (χ2n) is 7.56. The number of hydrogen-bond donors (Lipinski definition) is 0. The third kappa shape index (κ3) is 6.28. The van der Waals surface area contributed by atoms with E-state index < -0.39 is 0 Å². The first-order chi connectivity index (χ1) is 14.2. The highest BCUT2D eigenvalue weighted by Gasteiger charge is 2.21. The molecule has 0 spiro atoms. The van der Waals surface area contributed by atoms with Gasteiger partial charge in [0.05, 0.1) is 0 Å². The Morgan fingerprint density at radius 2 is 1.59 bits per heavy atom. The van der Waals surface area contributed by atoms with Crippen molar-refractivity contribution in [1.82, 2.24) is 14.7 Å². The van der Waals surface area contributed by atoms with Crippen LogP contribution in [0.1, 0.15) is 35.3 Å². The molecule has 29 heavy (non-hydrogen) atoms. The van der Waals surface area contributed by atoms with E-state index in [-0.39, 0.29) is 5.91 Å². The molecular formula is C25H33N3O. The Labute approximate surface area is 175 Å². The van der Waals surface area contributed by atoms with Crippen molar-refractivity contribution in [2.24, 2.45) is 0 Å². The Bertz CT molecular complexity index is 773. The first-order valence-corrected chi connectivity index (χ1v) is 10.7. The van der Waals surface area contributed by atoms with Gasteiger partial charge in [-0.25, -0.2) is 0 Å². The highest BCUT2D eigenvalue weighted by Crippen LogP contribution is 2.12. The molecule has 0 radical (unpaired) electrons. The van der Waals surface area contributed by atoms with E-state index in [1.54, 1.807) is 0 Å². The summed E-state index contributed by atoms with van der Waals surface area (Å²) in [6.45, 7) is 11.7. The van der Waals surface area contributed by atoms with E-state index in [0.717, 1.165) is 57.9 Å². The monoisotopic (exact) mass is 391 g/mol. The van der Waals surface area contributed by atoms with Crippen LogP contribution in [0.25, 0.3) is 6.08 Å². The number of piperazine rings is 1. The van der Waals surface area contributed by atoms with Gasteiger partial charge in [0.2, 0.25) is 0 Å². The summed E-state index contributed by atoms with van der Waals surface area (Å²) in [7, 11) is 0. The fourth-order valence-electron chi connectivity index (χ4n) is 3.68. The second kappa shape index (κ2) is 10.9. The van der Waals surface area contributed by atoms with Gasteiger partial charge in [0.15, 0.2) is 0 Å². The number of amides is 1. The molecule has 2 aromatic rings. The highest BCUT2D eigenvalue weighted by molar-refractivity contribution is 5.94. The van der Waals surface area contributed by atoms with Crippen LogP contribution in [0.3, 0.4) is 0 Å². The van der Waals surface area contributed by atoms with Crippen molar-refractivity contribution < 1.29 is 4.79 Å². The zero-order chi connectivity index (χ0) is 20.5. The maximum atomic E-state index is 12.8. The van der Waals surface area contributed by atoms with Gasteiger partial charge in [-0.05, 0) is 36.3 Å². The van der Waals surface area contributed by atoms with Crippen LogP contribution in [0.2, 0.25) is 0 Å². The van der Waals surface area contributed by atoms with Crippen LogP contribution >= 0.6 is 0 Å². The first kappa shape index (κ1) is 21.3. The molecule has 2 aromatic carbocycles. The van der Waals surface area contributed by atoms with Gasteiger partial charge in [-0.2, -0.15) is 0 Å². The summed E-state index contributed by atoms with van der Waals surface area (Å²) in [6, 6.07) is 18.5. The zero-order valence-corrected chi connectivity index (χ0v) is 17.8. The van der Waals surface area contributed by atoms with E-state index in [1.807, 2.05) is 23.1 Å². The van der Waals surface area contributed by atoms with Crippen molar-refractivity contribution in [3.63, 3.8) is 0 Å². The quantitative estimate of drug-likeness (QED) is 0.681. The molecule has 154 valence electrons. The molecule has 1 aliphatic rings. The molecule has 0 atom stereocenters. The lowest BCUT2D eigenvalue weighted by atomic mass is 10.1. The van der Waals surface area contributed by atoms with Crippen molar-refractivity contribution in [3.8, 4) is 0 Å². The lowest BCUT2D eigenvalue weighted by molar-refractivity contribution is 0.0650. The van der Waals surface area contributed by atoms with Crippen molar-refractivity contribution in [2.45, 2.75) is 20.4 Å². The topological polar surface area (TPSA) is 26.8 Å². The van der Waals surface area contributed by atoms with Gasteiger partial charge in [0.25, 0.3) is 5.91 Å². The minimum atomic E-state index is 0.152. The Hall–Kier alpha value is -2.43. The molecule has 4 nitrogen and oxygen atoms in total. The number of carbonyl (C=O) groups excluding carboxylic acids is 1. The van der Waals surface area contributed by atoms with Crippen LogP contribution in [0.4, 0.5) is 0 Å². The van der Waals surface area contributed by atoms with Gasteiger partial charge >= 0.3 is 0 Å². The molecule has 0 N–H and O–H groups in total. The Morgan fingerprint density at radius 3 is 2.21 bits per heavy atom. The summed E-state index contributed by atoms with van der Waals surface area (Å²) in [5.41, 5.74) is 3.29. The Kier molecular flexibility index (Phi) is 8.03. The largest absolute Gasteiger partial charge is 0.336 e. The average Bonchev–Trinajstić information content (AvgIpc) is 2.78. The maximum Gasteiger partial charge on any atom is 0.253 e. The number of hydrogen-bond acceptors (Lipinski definition) is 3. The zero-order valence-electron chi connectivity index (χ0n) is 17.8. The van der Waals surface area contributed by atoms with Crippen LogP contribution in [-0.2, 0) is 6.54 Å². The number of rotatable bonds is 8. The van der Waals surface area contributed by atoms with E-state index in [4.69, 9.17) is 0 Å². The molecule has 0 unspecified atom stereocenters. The molecule has 0 bridgehead atoms. The molecular weight excluding hydrogens is 358 g/mol. The van der Waals surface area contributed by atoms with Gasteiger partial charge in [0.1, 0.15) is 0 Å². The predicted octanol–water partition coefficient (Wildman–Crippen LogP) is 4.00. The molecule has 0 saturated carbocycles. The van der Waals surface area contributed by atoms with Crippen LogP contribution in [0.15, 0.2) is 60.7 Å². The van der Waals surface area contributed by atoms with Gasteiger partial charge in [-0.1, -0.05) is 68.5 Å². The van der Waals surface area contributed by atoms with Gasteiger partial charge in [-0.3, -0.25) is 14.6 Å². The van der Waals surface area contributed by atoms with Gasteiger partial charge < -0.3 is 4.90 Å². The lowest BCUT2D eigenvalue weighted by Crippen LogP contribution is -2.48. The number of benzene rings is 2. The first-order valence-electron chi connectivity index (χ1n) is 10.7. The third-order valence-electron chi connectivity index (χ3n) is 5.63. The Balaban J connectivity index is 1.46. The van der Waals surface area contributed by atoms with E-state index in [9.17, 15) is 4.79 Å². The van der Waals surface area contributed by atoms with E-state index >= 15 is 0 Å². The molecule has 1 amide bonds. The molecule has 3 rings (SSSR count). The molecule has 0 aliphatic carbocycles. The SMILES string of the molecule is CCN(CC)Cc1ccc(C(=O)N2CCN(C/C=C/c3ccccc3)CC2)cc1. The van der Waals surface area contributed by atoms with Crippen molar-refractivity contribution >= 4 is 12.0 Å².